The SMILES string of the molecule is Cn1c(=O)c2c(nc(N3CCN(C(=O)c4cccs4)CC3)n2Cc2ccc(Br)cc2)n(C)c1=O. The van der Waals surface area contributed by atoms with Gasteiger partial charge in [0.05, 0.1) is 11.4 Å². The molecule has 0 bridgehead atoms. The Morgan fingerprint density at radius 3 is 2.38 bits per heavy atom. The number of halogens is 1. The number of imidazole rings is 1. The van der Waals surface area contributed by atoms with Crippen LogP contribution < -0.4 is 16.1 Å². The van der Waals surface area contributed by atoms with Crippen molar-refractivity contribution >= 4 is 50.3 Å². The highest BCUT2D eigenvalue weighted by atomic mass is 79.9. The van der Waals surface area contributed by atoms with Crippen molar-refractivity contribution in [2.75, 3.05) is 31.1 Å². The van der Waals surface area contributed by atoms with Gasteiger partial charge in [-0.2, -0.15) is 4.98 Å². The largest absolute Gasteiger partial charge is 0.339 e. The van der Waals surface area contributed by atoms with Crippen molar-refractivity contribution in [2.45, 2.75) is 6.54 Å². The molecule has 4 aromatic rings. The fraction of sp³-hybridized carbons (Fsp3) is 0.304. The molecule has 0 saturated carbocycles. The lowest BCUT2D eigenvalue weighted by atomic mass is 10.2. The van der Waals surface area contributed by atoms with Crippen LogP contribution in [0, 0.1) is 0 Å². The fourth-order valence-corrected chi connectivity index (χ4v) is 5.22. The van der Waals surface area contributed by atoms with Gasteiger partial charge in [-0.15, -0.1) is 11.3 Å². The van der Waals surface area contributed by atoms with E-state index in [4.69, 9.17) is 4.98 Å². The summed E-state index contributed by atoms with van der Waals surface area (Å²) < 4.78 is 5.38. The molecule has 0 aliphatic carbocycles. The Morgan fingerprint density at radius 2 is 1.74 bits per heavy atom. The van der Waals surface area contributed by atoms with Crippen LogP contribution in [0.15, 0.2) is 55.8 Å². The minimum atomic E-state index is -0.413. The average molecular weight is 543 g/mol. The monoisotopic (exact) mass is 542 g/mol. The predicted octanol–water partition coefficient (Wildman–Crippen LogP) is 2.27. The van der Waals surface area contributed by atoms with Crippen molar-refractivity contribution in [3.8, 4) is 0 Å². The van der Waals surface area contributed by atoms with Gasteiger partial charge in [-0.25, -0.2) is 4.79 Å². The van der Waals surface area contributed by atoms with Crippen molar-refractivity contribution in [3.63, 3.8) is 0 Å². The standard InChI is InChI=1S/C23H23BrN6O3S/c1-26-19-18(21(32)27(2)23(26)33)30(14-15-5-7-16(24)8-6-15)22(25-19)29-11-9-28(10-12-29)20(31)17-4-3-13-34-17/h3-8,13H,9-12,14H2,1-2H3. The van der Waals surface area contributed by atoms with Gasteiger partial charge >= 0.3 is 5.69 Å². The number of thiophene rings is 1. The number of anilines is 1. The van der Waals surface area contributed by atoms with E-state index < -0.39 is 5.69 Å². The summed E-state index contributed by atoms with van der Waals surface area (Å²) in [6.45, 7) is 2.69. The number of hydrogen-bond donors (Lipinski definition) is 0. The van der Waals surface area contributed by atoms with Crippen LogP contribution in [-0.2, 0) is 20.6 Å². The second-order valence-electron chi connectivity index (χ2n) is 8.26. The number of nitrogens with zero attached hydrogens (tertiary/aromatic N) is 6. The lowest BCUT2D eigenvalue weighted by Gasteiger charge is -2.35. The third-order valence-corrected chi connectivity index (χ3v) is 7.55. The summed E-state index contributed by atoms with van der Waals surface area (Å²) in [5.41, 5.74) is 0.965. The van der Waals surface area contributed by atoms with Crippen molar-refractivity contribution in [1.29, 1.82) is 0 Å². The quantitative estimate of drug-likeness (QED) is 0.395. The molecule has 1 aliphatic heterocycles. The van der Waals surface area contributed by atoms with Gasteiger partial charge < -0.3 is 9.80 Å². The first kappa shape index (κ1) is 22.6. The molecule has 4 heterocycles. The van der Waals surface area contributed by atoms with Gasteiger partial charge in [-0.3, -0.25) is 23.3 Å². The Balaban J connectivity index is 1.54. The maximum atomic E-state index is 13.1. The Kier molecular flexibility index (Phi) is 5.90. The topological polar surface area (TPSA) is 85.4 Å². The molecule has 1 aliphatic rings. The van der Waals surface area contributed by atoms with E-state index in [1.165, 1.54) is 23.0 Å². The van der Waals surface area contributed by atoms with Gasteiger partial charge in [0, 0.05) is 44.7 Å². The Bertz CT molecular complexity index is 1480. The van der Waals surface area contributed by atoms with Gasteiger partial charge in [0.2, 0.25) is 5.95 Å². The zero-order chi connectivity index (χ0) is 24.0. The normalized spacial score (nSPS) is 14.2. The first-order chi connectivity index (χ1) is 16.3. The number of aromatic nitrogens is 4. The van der Waals surface area contributed by atoms with Crippen molar-refractivity contribution in [2.24, 2.45) is 14.1 Å². The molecule has 1 saturated heterocycles. The first-order valence-electron chi connectivity index (χ1n) is 10.8. The summed E-state index contributed by atoms with van der Waals surface area (Å²) in [6.07, 6.45) is 0. The lowest BCUT2D eigenvalue weighted by Crippen LogP contribution is -2.49. The van der Waals surface area contributed by atoms with E-state index in [-0.39, 0.29) is 11.5 Å². The van der Waals surface area contributed by atoms with E-state index in [1.807, 2.05) is 51.2 Å². The van der Waals surface area contributed by atoms with E-state index in [1.54, 1.807) is 7.05 Å². The van der Waals surface area contributed by atoms with Crippen LogP contribution >= 0.6 is 27.3 Å². The zero-order valence-electron chi connectivity index (χ0n) is 18.8. The van der Waals surface area contributed by atoms with Gasteiger partial charge in [0.25, 0.3) is 11.5 Å². The van der Waals surface area contributed by atoms with E-state index in [0.717, 1.165) is 19.5 Å². The molecular weight excluding hydrogens is 520 g/mol. The van der Waals surface area contributed by atoms with Crippen LogP contribution in [0.25, 0.3) is 11.2 Å². The number of carbonyl (C=O) groups excluding carboxylic acids is 1. The van der Waals surface area contributed by atoms with Gasteiger partial charge in [0.1, 0.15) is 0 Å². The highest BCUT2D eigenvalue weighted by molar-refractivity contribution is 9.10. The van der Waals surface area contributed by atoms with Gasteiger partial charge in [-0.1, -0.05) is 34.1 Å². The summed E-state index contributed by atoms with van der Waals surface area (Å²) in [5.74, 6) is 0.661. The van der Waals surface area contributed by atoms with Crippen molar-refractivity contribution in [1.82, 2.24) is 23.6 Å². The van der Waals surface area contributed by atoms with Gasteiger partial charge in [0.15, 0.2) is 11.2 Å². The predicted molar refractivity (Wildman–Crippen MR) is 136 cm³/mol. The summed E-state index contributed by atoms with van der Waals surface area (Å²) in [7, 11) is 3.11. The number of benzene rings is 1. The van der Waals surface area contributed by atoms with E-state index in [0.29, 0.717) is 49.8 Å². The van der Waals surface area contributed by atoms with Crippen molar-refractivity contribution < 1.29 is 4.79 Å². The third-order valence-electron chi connectivity index (χ3n) is 6.16. The second-order valence-corrected chi connectivity index (χ2v) is 10.1. The minimum absolute atomic E-state index is 0.0364. The fourth-order valence-electron chi connectivity index (χ4n) is 4.26. The number of hydrogen-bond acceptors (Lipinski definition) is 6. The molecule has 3 aromatic heterocycles. The molecule has 176 valence electrons. The molecule has 5 rings (SSSR count). The number of aryl methyl sites for hydroxylation is 1. The molecule has 1 amide bonds. The Labute approximate surface area is 207 Å². The van der Waals surface area contributed by atoms with Crippen LogP contribution in [-0.4, -0.2) is 55.7 Å². The molecule has 0 radical (unpaired) electrons. The maximum Gasteiger partial charge on any atom is 0.332 e. The van der Waals surface area contributed by atoms with Crippen LogP contribution in [0.4, 0.5) is 5.95 Å². The Hall–Kier alpha value is -3.18. The number of amides is 1. The lowest BCUT2D eigenvalue weighted by molar-refractivity contribution is 0.0751. The van der Waals surface area contributed by atoms with E-state index in [9.17, 15) is 14.4 Å². The summed E-state index contributed by atoms with van der Waals surface area (Å²) in [6, 6.07) is 11.6. The molecule has 0 unspecified atom stereocenters. The molecule has 1 fully saturated rings. The van der Waals surface area contributed by atoms with Crippen LogP contribution in [0.2, 0.25) is 0 Å². The first-order valence-corrected chi connectivity index (χ1v) is 12.5. The van der Waals surface area contributed by atoms with Crippen LogP contribution in [0.5, 0.6) is 0 Å². The molecular formula is C23H23BrN6O3S. The van der Waals surface area contributed by atoms with Gasteiger partial charge in [-0.05, 0) is 29.1 Å². The third kappa shape index (κ3) is 3.88. The van der Waals surface area contributed by atoms with Crippen LogP contribution in [0.1, 0.15) is 15.2 Å². The minimum Gasteiger partial charge on any atom is -0.339 e. The van der Waals surface area contributed by atoms with E-state index in [2.05, 4.69) is 20.8 Å². The molecule has 11 heteroatoms. The molecule has 0 spiro atoms. The summed E-state index contributed by atoms with van der Waals surface area (Å²) in [5, 5.41) is 1.90. The molecule has 9 nitrogen and oxygen atoms in total. The second kappa shape index (κ2) is 8.88. The highest BCUT2D eigenvalue weighted by Crippen LogP contribution is 2.24. The molecule has 1 aromatic carbocycles. The number of fused-ring (bicyclic) bond motifs is 1. The number of piperazine rings is 1. The number of rotatable bonds is 4. The molecule has 34 heavy (non-hydrogen) atoms. The summed E-state index contributed by atoms with van der Waals surface area (Å²) in [4.78, 5) is 47.9. The summed E-state index contributed by atoms with van der Waals surface area (Å²) >= 11 is 4.90. The average Bonchev–Trinajstić information content (AvgIpc) is 3.51. The molecule has 0 N–H and O–H groups in total. The van der Waals surface area contributed by atoms with Crippen molar-refractivity contribution in [3.05, 3.63) is 77.5 Å². The smallest absolute Gasteiger partial charge is 0.332 e. The maximum absolute atomic E-state index is 13.1. The van der Waals surface area contributed by atoms with Crippen LogP contribution in [0.3, 0.4) is 0 Å². The van der Waals surface area contributed by atoms with E-state index >= 15 is 0 Å². The Morgan fingerprint density at radius 1 is 1.03 bits per heavy atom. The zero-order valence-corrected chi connectivity index (χ0v) is 21.2. The number of carbonyl (C=O) groups is 1. The molecule has 0 atom stereocenters. The highest BCUT2D eigenvalue weighted by Gasteiger charge is 2.28.